The minimum atomic E-state index is -4.68. The number of fused-ring (bicyclic) bond motifs is 1. The van der Waals surface area contributed by atoms with Crippen LogP contribution >= 0.6 is 0 Å². The molecule has 0 unspecified atom stereocenters. The zero-order valence-electron chi connectivity index (χ0n) is 17.1. The fourth-order valence-electron chi connectivity index (χ4n) is 3.13. The van der Waals surface area contributed by atoms with E-state index >= 15 is 0 Å². The number of nitrogens with zero attached hydrogens (tertiary/aromatic N) is 3. The fraction of sp³-hybridized carbons (Fsp3) is 0.250. The van der Waals surface area contributed by atoms with E-state index < -0.39 is 53.0 Å². The lowest BCUT2D eigenvalue weighted by atomic mass is 10.1. The van der Waals surface area contributed by atoms with Crippen LogP contribution in [0.4, 0.5) is 24.5 Å². The number of hydrogen-bond donors (Lipinski definition) is 1. The molecule has 1 N–H and O–H groups in total. The molecule has 3 aromatic rings. The average Bonchev–Trinajstić information content (AvgIpc) is 3.05. The van der Waals surface area contributed by atoms with Crippen LogP contribution in [0.15, 0.2) is 51.7 Å². The lowest BCUT2D eigenvalue weighted by Crippen LogP contribution is -2.40. The highest BCUT2D eigenvalue weighted by Crippen LogP contribution is 2.34. The molecule has 0 radical (unpaired) electrons. The van der Waals surface area contributed by atoms with Crippen LogP contribution in [0.1, 0.15) is 12.5 Å². The summed E-state index contributed by atoms with van der Waals surface area (Å²) >= 11 is 0. The predicted octanol–water partition coefficient (Wildman–Crippen LogP) is 3.01. The maximum absolute atomic E-state index is 13.1. The van der Waals surface area contributed by atoms with E-state index in [1.165, 1.54) is 18.2 Å². The largest absolute Gasteiger partial charge is 0.420 e. The number of rotatable bonds is 7. The lowest BCUT2D eigenvalue weighted by molar-refractivity contribution is -0.384. The number of nitro groups is 1. The molecule has 3 rings (SSSR count). The number of carbonyl (C=O) groups excluding carboxylic acids is 2. The van der Waals surface area contributed by atoms with Gasteiger partial charge in [0.2, 0.25) is 11.8 Å². The van der Waals surface area contributed by atoms with Gasteiger partial charge in [-0.2, -0.15) is 13.2 Å². The number of alkyl halides is 3. The van der Waals surface area contributed by atoms with Crippen LogP contribution in [0.2, 0.25) is 0 Å². The number of oxazole rings is 1. The van der Waals surface area contributed by atoms with E-state index in [0.717, 1.165) is 33.7 Å². The van der Waals surface area contributed by atoms with E-state index in [0.29, 0.717) is 0 Å². The molecule has 2 amide bonds. The van der Waals surface area contributed by atoms with Gasteiger partial charge in [-0.3, -0.25) is 24.3 Å². The number of aromatic nitrogens is 1. The number of halogens is 3. The Labute approximate surface area is 183 Å². The zero-order chi connectivity index (χ0) is 24.3. The van der Waals surface area contributed by atoms with Crippen molar-refractivity contribution >= 4 is 34.3 Å². The van der Waals surface area contributed by atoms with Gasteiger partial charge in [-0.05, 0) is 25.1 Å². The van der Waals surface area contributed by atoms with E-state index in [4.69, 9.17) is 4.42 Å². The zero-order valence-corrected chi connectivity index (χ0v) is 17.1. The molecule has 0 spiro atoms. The molecule has 0 fully saturated rings. The number of nitrogens with one attached hydrogen (secondary N) is 1. The minimum absolute atomic E-state index is 0.0309. The minimum Gasteiger partial charge on any atom is -0.407 e. The molecule has 174 valence electrons. The second-order valence-electron chi connectivity index (χ2n) is 6.86. The number of amides is 2. The summed E-state index contributed by atoms with van der Waals surface area (Å²) in [6.07, 6.45) is -4.68. The maximum Gasteiger partial charge on any atom is 0.420 e. The van der Waals surface area contributed by atoms with Crippen LogP contribution in [0.5, 0.6) is 0 Å². The third kappa shape index (κ3) is 5.19. The Hall–Kier alpha value is -4.16. The van der Waals surface area contributed by atoms with E-state index in [-0.39, 0.29) is 23.3 Å². The van der Waals surface area contributed by atoms with Crippen molar-refractivity contribution in [3.63, 3.8) is 0 Å². The van der Waals surface area contributed by atoms with Gasteiger partial charge in [0.05, 0.1) is 34.3 Å². The molecule has 0 saturated heterocycles. The summed E-state index contributed by atoms with van der Waals surface area (Å²) in [4.78, 5) is 48.4. The monoisotopic (exact) mass is 466 g/mol. The van der Waals surface area contributed by atoms with Gasteiger partial charge in [-0.25, -0.2) is 4.79 Å². The molecule has 2 aromatic carbocycles. The molecule has 0 saturated carbocycles. The molecule has 13 heteroatoms. The van der Waals surface area contributed by atoms with Crippen molar-refractivity contribution in [2.45, 2.75) is 19.6 Å². The second kappa shape index (κ2) is 9.14. The number of nitro benzene ring substituents is 1. The Balaban J connectivity index is 1.75. The van der Waals surface area contributed by atoms with E-state index in [2.05, 4.69) is 5.32 Å². The summed E-state index contributed by atoms with van der Waals surface area (Å²) in [5.41, 5.74) is -1.73. The summed E-state index contributed by atoms with van der Waals surface area (Å²) in [5.74, 6) is -2.47. The topological polar surface area (TPSA) is 128 Å². The third-order valence-electron chi connectivity index (χ3n) is 4.73. The first-order chi connectivity index (χ1) is 15.5. The number of non-ortho nitro benzene ring substituents is 1. The molecule has 0 aliphatic heterocycles. The van der Waals surface area contributed by atoms with Gasteiger partial charge in [0.15, 0.2) is 5.58 Å². The molecule has 0 aliphatic carbocycles. The molecular formula is C20H17F3N4O6. The van der Waals surface area contributed by atoms with Gasteiger partial charge >= 0.3 is 11.9 Å². The highest BCUT2D eigenvalue weighted by atomic mass is 19.4. The lowest BCUT2D eigenvalue weighted by Gasteiger charge is -2.21. The molecule has 0 aliphatic rings. The van der Waals surface area contributed by atoms with Gasteiger partial charge in [0.1, 0.15) is 6.54 Å². The molecule has 1 heterocycles. The van der Waals surface area contributed by atoms with Crippen LogP contribution in [-0.4, -0.2) is 39.3 Å². The maximum atomic E-state index is 13.1. The molecule has 1 aromatic heterocycles. The Morgan fingerprint density at radius 3 is 2.55 bits per heavy atom. The quantitative estimate of drug-likeness (QED) is 0.421. The summed E-state index contributed by atoms with van der Waals surface area (Å²) in [6, 6.07) is 7.86. The molecule has 10 nitrogen and oxygen atoms in total. The summed E-state index contributed by atoms with van der Waals surface area (Å²) < 4.78 is 45.2. The predicted molar refractivity (Wildman–Crippen MR) is 109 cm³/mol. The number of hydrogen-bond acceptors (Lipinski definition) is 6. The first kappa shape index (κ1) is 23.5. The molecular weight excluding hydrogens is 449 g/mol. The van der Waals surface area contributed by atoms with Gasteiger partial charge in [0, 0.05) is 12.6 Å². The van der Waals surface area contributed by atoms with Crippen molar-refractivity contribution in [2.75, 3.05) is 18.4 Å². The van der Waals surface area contributed by atoms with Crippen molar-refractivity contribution < 1.29 is 32.1 Å². The van der Waals surface area contributed by atoms with Crippen molar-refractivity contribution in [2.24, 2.45) is 0 Å². The average molecular weight is 466 g/mol. The summed E-state index contributed by atoms with van der Waals surface area (Å²) in [6.45, 7) is 0.485. The Morgan fingerprint density at radius 1 is 1.21 bits per heavy atom. The SMILES string of the molecule is CCN(CC(=O)Nc1ccccc1C(F)(F)F)C(=O)Cn1c(=O)oc2cc([N+](=O)[O-])ccc21. The first-order valence-electron chi connectivity index (χ1n) is 9.53. The van der Waals surface area contributed by atoms with Crippen LogP contribution in [0, 0.1) is 10.1 Å². The summed E-state index contributed by atoms with van der Waals surface area (Å²) in [7, 11) is 0. The summed E-state index contributed by atoms with van der Waals surface area (Å²) in [5, 5.41) is 13.0. The highest BCUT2D eigenvalue weighted by Gasteiger charge is 2.33. The number of likely N-dealkylation sites (N-methyl/N-ethyl adjacent to an activating group) is 1. The Bertz CT molecular complexity index is 1280. The van der Waals surface area contributed by atoms with Gasteiger partial charge < -0.3 is 14.6 Å². The molecule has 0 bridgehead atoms. The van der Waals surface area contributed by atoms with Crippen LogP contribution in [0.3, 0.4) is 0 Å². The van der Waals surface area contributed by atoms with Gasteiger partial charge in [-0.1, -0.05) is 12.1 Å². The standard InChI is InChI=1S/C20H17F3N4O6/c1-2-25(10-17(28)24-14-6-4-3-5-13(14)20(21,22)23)18(29)11-26-15-8-7-12(27(31)32)9-16(15)33-19(26)30/h3-9H,2,10-11H2,1H3,(H,24,28). The van der Waals surface area contributed by atoms with Crippen LogP contribution < -0.4 is 11.1 Å². The molecule has 0 atom stereocenters. The van der Waals surface area contributed by atoms with E-state index in [1.807, 2.05) is 0 Å². The third-order valence-corrected chi connectivity index (χ3v) is 4.73. The van der Waals surface area contributed by atoms with Gasteiger partial charge in [-0.15, -0.1) is 0 Å². The molecule has 33 heavy (non-hydrogen) atoms. The Morgan fingerprint density at radius 2 is 1.91 bits per heavy atom. The second-order valence-corrected chi connectivity index (χ2v) is 6.86. The van der Waals surface area contributed by atoms with Gasteiger partial charge in [0.25, 0.3) is 5.69 Å². The van der Waals surface area contributed by atoms with Crippen molar-refractivity contribution in [3.8, 4) is 0 Å². The smallest absolute Gasteiger partial charge is 0.407 e. The Kier molecular flexibility index (Phi) is 6.51. The number of carbonyl (C=O) groups is 2. The van der Waals surface area contributed by atoms with E-state index in [1.54, 1.807) is 6.92 Å². The van der Waals surface area contributed by atoms with Crippen molar-refractivity contribution in [1.29, 1.82) is 0 Å². The van der Waals surface area contributed by atoms with Crippen LogP contribution in [0.25, 0.3) is 11.1 Å². The highest BCUT2D eigenvalue weighted by molar-refractivity contribution is 5.95. The van der Waals surface area contributed by atoms with Crippen molar-refractivity contribution in [3.05, 3.63) is 68.7 Å². The fourth-order valence-corrected chi connectivity index (χ4v) is 3.13. The van der Waals surface area contributed by atoms with E-state index in [9.17, 15) is 37.7 Å². The first-order valence-corrected chi connectivity index (χ1v) is 9.53. The number of benzene rings is 2. The normalized spacial score (nSPS) is 11.4. The number of para-hydroxylation sites is 1. The number of anilines is 1. The van der Waals surface area contributed by atoms with Crippen molar-refractivity contribution in [1.82, 2.24) is 9.47 Å². The van der Waals surface area contributed by atoms with Crippen LogP contribution in [-0.2, 0) is 22.3 Å².